The fourth-order valence-corrected chi connectivity index (χ4v) is 4.97. The van der Waals surface area contributed by atoms with Crippen molar-refractivity contribution in [3.05, 3.63) is 36.5 Å². The number of nitrogens with zero attached hydrogens (tertiary/aromatic N) is 3. The molecule has 0 saturated carbocycles. The molecule has 3 heterocycles. The molecule has 50 heavy (non-hydrogen) atoms. The summed E-state index contributed by atoms with van der Waals surface area (Å²) in [5.74, 6) is -5.03. The lowest BCUT2D eigenvalue weighted by Crippen LogP contribution is -2.61. The molecule has 0 aromatic carbocycles. The van der Waals surface area contributed by atoms with Crippen molar-refractivity contribution in [2.24, 2.45) is 11.7 Å². The normalized spacial score (nSPS) is 16.7. The summed E-state index contributed by atoms with van der Waals surface area (Å²) in [6.07, 6.45) is 6.40. The number of nitrogens with one attached hydrogen (secondary N) is 1. The van der Waals surface area contributed by atoms with Gasteiger partial charge in [-0.15, -0.1) is 0 Å². The lowest BCUT2D eigenvalue weighted by Gasteiger charge is -2.40. The van der Waals surface area contributed by atoms with Crippen molar-refractivity contribution in [2.75, 3.05) is 79.1 Å². The summed E-state index contributed by atoms with van der Waals surface area (Å²) in [5.41, 5.74) is 3.55. The Bertz CT molecular complexity index is 1230. The van der Waals surface area contributed by atoms with Gasteiger partial charge in [-0.25, -0.2) is 0 Å². The van der Waals surface area contributed by atoms with Crippen LogP contribution < -0.4 is 11.1 Å². The highest BCUT2D eigenvalue weighted by molar-refractivity contribution is 6.14. The van der Waals surface area contributed by atoms with Crippen molar-refractivity contribution in [1.82, 2.24) is 20.0 Å². The molecule has 0 spiro atoms. The summed E-state index contributed by atoms with van der Waals surface area (Å²) in [6.45, 7) is 3.56. The van der Waals surface area contributed by atoms with E-state index >= 15 is 0 Å². The van der Waals surface area contributed by atoms with Gasteiger partial charge in [0, 0.05) is 42.9 Å². The van der Waals surface area contributed by atoms with Crippen molar-refractivity contribution < 1.29 is 62.0 Å². The van der Waals surface area contributed by atoms with Crippen LogP contribution in [-0.2, 0) is 62.0 Å². The van der Waals surface area contributed by atoms with Crippen LogP contribution in [0.2, 0.25) is 0 Å². The van der Waals surface area contributed by atoms with Gasteiger partial charge in [0.1, 0.15) is 11.6 Å². The molecule has 1 atom stereocenters. The summed E-state index contributed by atoms with van der Waals surface area (Å²) in [5, 5.41) is 2.58. The van der Waals surface area contributed by atoms with Crippen molar-refractivity contribution in [1.29, 1.82) is 0 Å². The first kappa shape index (κ1) is 39.8. The number of nitrogens with two attached hydrogens (primary N) is 1. The van der Waals surface area contributed by atoms with Gasteiger partial charge >= 0.3 is 0 Å². The minimum absolute atomic E-state index is 0.0158. The molecule has 3 aliphatic heterocycles. The van der Waals surface area contributed by atoms with E-state index in [2.05, 4.69) is 5.32 Å². The van der Waals surface area contributed by atoms with Crippen molar-refractivity contribution in [3.8, 4) is 0 Å². The van der Waals surface area contributed by atoms with Gasteiger partial charge in [0.05, 0.1) is 79.1 Å². The van der Waals surface area contributed by atoms with Crippen LogP contribution in [0, 0.1) is 5.92 Å². The fourth-order valence-electron chi connectivity index (χ4n) is 4.97. The predicted octanol–water partition coefficient (Wildman–Crippen LogP) is -2.40. The highest BCUT2D eigenvalue weighted by Gasteiger charge is 2.45. The predicted molar refractivity (Wildman–Crippen MR) is 170 cm³/mol. The Balaban J connectivity index is 1.37. The maximum atomic E-state index is 12.4. The molecule has 0 fully saturated rings. The second-order valence-corrected chi connectivity index (χ2v) is 11.7. The maximum Gasteiger partial charge on any atom is 0.253 e. The number of imide groups is 3. The number of hydrogen-bond acceptors (Lipinski definition) is 13. The molecule has 18 heteroatoms. The Labute approximate surface area is 288 Å². The van der Waals surface area contributed by atoms with Crippen LogP contribution in [0.1, 0.15) is 20.3 Å². The van der Waals surface area contributed by atoms with Gasteiger partial charge in [0.15, 0.2) is 0 Å². The molecule has 0 saturated heterocycles. The molecule has 3 aliphatic rings. The SMILES string of the molecule is CC(C)C(NC(=O)CCOCCOCCOCCOCCOC(CN1C(=O)C=CC1=O)(CN1C(=O)C=CC1=O)CN1C(=O)C=CC1=O)C(N)=O. The first-order valence-corrected chi connectivity index (χ1v) is 16.0. The van der Waals surface area contributed by atoms with E-state index < -0.39 is 72.6 Å². The van der Waals surface area contributed by atoms with Gasteiger partial charge in [-0.1, -0.05) is 13.8 Å². The highest BCUT2D eigenvalue weighted by atomic mass is 16.6. The first-order valence-electron chi connectivity index (χ1n) is 16.0. The Morgan fingerprint density at radius 3 is 1.24 bits per heavy atom. The average molecular weight is 706 g/mol. The zero-order valence-electron chi connectivity index (χ0n) is 28.0. The quantitative estimate of drug-likeness (QED) is 0.0746. The number of rotatable bonds is 25. The summed E-state index contributed by atoms with van der Waals surface area (Å²) >= 11 is 0. The van der Waals surface area contributed by atoms with Crippen LogP contribution in [0.25, 0.3) is 0 Å². The fraction of sp³-hybridized carbons (Fsp3) is 0.562. The first-order chi connectivity index (χ1) is 23.8. The third kappa shape index (κ3) is 12.1. The van der Waals surface area contributed by atoms with E-state index in [4.69, 9.17) is 29.4 Å². The van der Waals surface area contributed by atoms with Crippen LogP contribution in [-0.4, -0.2) is 153 Å². The van der Waals surface area contributed by atoms with E-state index in [0.29, 0.717) is 0 Å². The third-order valence-electron chi connectivity index (χ3n) is 7.56. The summed E-state index contributed by atoms with van der Waals surface area (Å²) in [6, 6.07) is -0.736. The smallest absolute Gasteiger partial charge is 0.253 e. The third-order valence-corrected chi connectivity index (χ3v) is 7.56. The monoisotopic (exact) mass is 705 g/mol. The van der Waals surface area contributed by atoms with Crippen LogP contribution in [0.4, 0.5) is 0 Å². The van der Waals surface area contributed by atoms with Crippen LogP contribution in [0.5, 0.6) is 0 Å². The number of carbonyl (C=O) groups is 8. The molecule has 8 amide bonds. The van der Waals surface area contributed by atoms with Crippen LogP contribution in [0.15, 0.2) is 36.5 Å². The molecular weight excluding hydrogens is 662 g/mol. The topological polar surface area (TPSA) is 230 Å². The van der Waals surface area contributed by atoms with Crippen LogP contribution >= 0.6 is 0 Å². The minimum Gasteiger partial charge on any atom is -0.379 e. The maximum absolute atomic E-state index is 12.4. The molecule has 3 rings (SSSR count). The lowest BCUT2D eigenvalue weighted by atomic mass is 10.0. The van der Waals surface area contributed by atoms with Crippen molar-refractivity contribution in [3.63, 3.8) is 0 Å². The Hall–Kier alpha value is -4.62. The number of ether oxygens (including phenoxy) is 5. The zero-order chi connectivity index (χ0) is 36.7. The van der Waals surface area contributed by atoms with Crippen LogP contribution in [0.3, 0.4) is 0 Å². The molecule has 0 bridgehead atoms. The van der Waals surface area contributed by atoms with E-state index in [-0.39, 0.29) is 77.7 Å². The molecule has 0 aliphatic carbocycles. The van der Waals surface area contributed by atoms with Crippen molar-refractivity contribution >= 4 is 47.3 Å². The molecular formula is C32H43N5O13. The van der Waals surface area contributed by atoms with Gasteiger partial charge in [0.2, 0.25) is 11.8 Å². The summed E-state index contributed by atoms with van der Waals surface area (Å²) in [7, 11) is 0. The Morgan fingerprint density at radius 2 is 0.920 bits per heavy atom. The number of carbonyl (C=O) groups excluding carboxylic acids is 8. The summed E-state index contributed by atoms with van der Waals surface area (Å²) in [4.78, 5) is 101. The second kappa shape index (κ2) is 19.5. The molecule has 1 unspecified atom stereocenters. The standard InChI is InChI=1S/C32H43N5O13/c1-22(2)30(31(33)45)34-23(38)9-10-46-11-12-47-13-14-48-15-16-49-17-18-50-32(19-35-24(39)3-4-25(35)40,20-36-26(41)5-6-27(36)42)21-37-28(43)7-8-29(37)44/h3-8,22,30H,9-21H2,1-2H3,(H2,33,45)(H,34,38). The van der Waals surface area contributed by atoms with E-state index in [1.165, 1.54) is 0 Å². The summed E-state index contributed by atoms with van der Waals surface area (Å²) < 4.78 is 27.9. The Kier molecular flexibility index (Phi) is 15.6. The van der Waals surface area contributed by atoms with Gasteiger partial charge in [-0.3, -0.25) is 53.1 Å². The van der Waals surface area contributed by atoms with Gasteiger partial charge in [-0.2, -0.15) is 0 Å². The lowest BCUT2D eigenvalue weighted by molar-refractivity contribution is -0.157. The van der Waals surface area contributed by atoms with E-state index in [0.717, 1.165) is 51.2 Å². The molecule has 18 nitrogen and oxygen atoms in total. The minimum atomic E-state index is -1.74. The molecule has 0 aromatic rings. The average Bonchev–Trinajstić information content (AvgIpc) is 3.68. The van der Waals surface area contributed by atoms with E-state index in [1.807, 2.05) is 0 Å². The number of amides is 8. The Morgan fingerprint density at radius 1 is 0.600 bits per heavy atom. The molecule has 3 N–H and O–H groups in total. The van der Waals surface area contributed by atoms with Gasteiger partial charge < -0.3 is 34.7 Å². The number of hydrogen-bond donors (Lipinski definition) is 2. The molecule has 0 aromatic heterocycles. The molecule has 274 valence electrons. The van der Waals surface area contributed by atoms with E-state index in [9.17, 15) is 38.4 Å². The van der Waals surface area contributed by atoms with Gasteiger partial charge in [-0.05, 0) is 5.92 Å². The van der Waals surface area contributed by atoms with Crippen molar-refractivity contribution in [2.45, 2.75) is 31.9 Å². The highest BCUT2D eigenvalue weighted by Crippen LogP contribution is 2.24. The van der Waals surface area contributed by atoms with Gasteiger partial charge in [0.25, 0.3) is 35.4 Å². The number of primary amides is 1. The second-order valence-electron chi connectivity index (χ2n) is 11.7. The largest absolute Gasteiger partial charge is 0.379 e. The molecule has 0 radical (unpaired) electrons. The van der Waals surface area contributed by atoms with E-state index in [1.54, 1.807) is 13.8 Å². The zero-order valence-corrected chi connectivity index (χ0v) is 28.0.